The van der Waals surface area contributed by atoms with Gasteiger partial charge in [0.2, 0.25) is 5.91 Å². The highest BCUT2D eigenvalue weighted by Gasteiger charge is 2.28. The molecule has 1 aromatic carbocycles. The molecular formula is C19H17N3O4. The van der Waals surface area contributed by atoms with Crippen LogP contribution < -0.4 is 10.2 Å². The lowest BCUT2D eigenvalue weighted by molar-refractivity contribution is -0.137. The standard InChI is InChI=1S/C19H17N3O4/c23-16-9-13-8-14(10-20-18(13)21-16)19(26)22-6-5-12-3-1-11(7-15(12)22)2-4-17(24)25/h1,3,7-8,10H,2,4-6,9H2,(H,24,25)(H,20,21,23). The number of carboxylic acids is 1. The third-order valence-corrected chi connectivity index (χ3v) is 4.74. The van der Waals surface area contributed by atoms with Crippen LogP contribution in [0.3, 0.4) is 0 Å². The zero-order chi connectivity index (χ0) is 18.3. The molecule has 3 heterocycles. The van der Waals surface area contributed by atoms with Crippen LogP contribution >= 0.6 is 0 Å². The van der Waals surface area contributed by atoms with E-state index in [9.17, 15) is 14.4 Å². The van der Waals surface area contributed by atoms with Crippen LogP contribution in [0.2, 0.25) is 0 Å². The molecule has 2 aromatic rings. The topological polar surface area (TPSA) is 99.6 Å². The van der Waals surface area contributed by atoms with Gasteiger partial charge in [-0.2, -0.15) is 0 Å². The van der Waals surface area contributed by atoms with Crippen molar-refractivity contribution in [3.63, 3.8) is 0 Å². The van der Waals surface area contributed by atoms with E-state index in [1.165, 1.54) is 6.20 Å². The van der Waals surface area contributed by atoms with Crippen molar-refractivity contribution in [2.75, 3.05) is 16.8 Å². The maximum Gasteiger partial charge on any atom is 0.303 e. The summed E-state index contributed by atoms with van der Waals surface area (Å²) in [6, 6.07) is 7.50. The van der Waals surface area contributed by atoms with Gasteiger partial charge in [0.25, 0.3) is 5.91 Å². The molecule has 2 amide bonds. The minimum absolute atomic E-state index is 0.0580. The Morgan fingerprint density at radius 1 is 1.23 bits per heavy atom. The van der Waals surface area contributed by atoms with E-state index in [0.29, 0.717) is 24.3 Å². The largest absolute Gasteiger partial charge is 0.481 e. The molecule has 2 N–H and O–H groups in total. The van der Waals surface area contributed by atoms with Crippen molar-refractivity contribution in [2.45, 2.75) is 25.7 Å². The van der Waals surface area contributed by atoms with Crippen molar-refractivity contribution in [1.82, 2.24) is 4.98 Å². The first-order valence-electron chi connectivity index (χ1n) is 8.45. The predicted octanol–water partition coefficient (Wildman–Crippen LogP) is 1.80. The summed E-state index contributed by atoms with van der Waals surface area (Å²) in [5, 5.41) is 11.5. The summed E-state index contributed by atoms with van der Waals surface area (Å²) in [4.78, 5) is 41.1. The Hall–Kier alpha value is -3.22. The van der Waals surface area contributed by atoms with E-state index in [1.807, 2.05) is 18.2 Å². The lowest BCUT2D eigenvalue weighted by Crippen LogP contribution is -2.29. The highest BCUT2D eigenvalue weighted by Crippen LogP contribution is 2.31. The number of carboxylic acid groups (broad SMARTS) is 1. The van der Waals surface area contributed by atoms with E-state index in [4.69, 9.17) is 5.11 Å². The number of nitrogens with one attached hydrogen (secondary N) is 1. The van der Waals surface area contributed by atoms with E-state index >= 15 is 0 Å². The maximum absolute atomic E-state index is 13.0. The number of hydrogen-bond donors (Lipinski definition) is 2. The number of anilines is 2. The van der Waals surface area contributed by atoms with E-state index < -0.39 is 5.97 Å². The Morgan fingerprint density at radius 3 is 2.88 bits per heavy atom. The number of hydrogen-bond acceptors (Lipinski definition) is 4. The summed E-state index contributed by atoms with van der Waals surface area (Å²) in [6.07, 6.45) is 2.97. The fraction of sp³-hybridized carbons (Fsp3) is 0.263. The molecule has 132 valence electrons. The third-order valence-electron chi connectivity index (χ3n) is 4.74. The maximum atomic E-state index is 13.0. The number of nitrogens with zero attached hydrogens (tertiary/aromatic N) is 2. The first-order valence-corrected chi connectivity index (χ1v) is 8.45. The molecule has 7 nitrogen and oxygen atoms in total. The van der Waals surface area contributed by atoms with Crippen molar-refractivity contribution in [2.24, 2.45) is 0 Å². The van der Waals surface area contributed by atoms with Gasteiger partial charge in [-0.25, -0.2) is 4.98 Å². The number of carbonyl (C=O) groups is 3. The number of pyridine rings is 1. The summed E-state index contributed by atoms with van der Waals surface area (Å²) in [7, 11) is 0. The first kappa shape index (κ1) is 16.3. The molecule has 0 saturated carbocycles. The number of amides is 2. The summed E-state index contributed by atoms with van der Waals surface area (Å²) in [6.45, 7) is 0.574. The number of aryl methyl sites for hydroxylation is 1. The average molecular weight is 351 g/mol. The van der Waals surface area contributed by atoms with Gasteiger partial charge in [-0.3, -0.25) is 14.4 Å². The van der Waals surface area contributed by atoms with Gasteiger partial charge < -0.3 is 15.3 Å². The van der Waals surface area contributed by atoms with Crippen LogP contribution in [0.4, 0.5) is 11.5 Å². The van der Waals surface area contributed by atoms with Crippen LogP contribution in [0.1, 0.15) is 33.5 Å². The van der Waals surface area contributed by atoms with Crippen molar-refractivity contribution < 1.29 is 19.5 Å². The second kappa shape index (κ2) is 6.25. The molecule has 0 fully saturated rings. The monoisotopic (exact) mass is 351 g/mol. The molecule has 0 saturated heterocycles. The van der Waals surface area contributed by atoms with Gasteiger partial charge in [0, 0.05) is 30.4 Å². The second-order valence-corrected chi connectivity index (χ2v) is 6.52. The number of aromatic nitrogens is 1. The van der Waals surface area contributed by atoms with Crippen LogP contribution in [-0.4, -0.2) is 34.4 Å². The molecular weight excluding hydrogens is 334 g/mol. The van der Waals surface area contributed by atoms with Gasteiger partial charge in [0.15, 0.2) is 0 Å². The highest BCUT2D eigenvalue weighted by molar-refractivity contribution is 6.08. The molecule has 0 bridgehead atoms. The molecule has 7 heteroatoms. The molecule has 0 aliphatic carbocycles. The summed E-state index contributed by atoms with van der Waals surface area (Å²) < 4.78 is 0. The number of carbonyl (C=O) groups excluding carboxylic acids is 2. The zero-order valence-corrected chi connectivity index (χ0v) is 14.0. The first-order chi connectivity index (χ1) is 12.5. The van der Waals surface area contributed by atoms with Gasteiger partial charge in [-0.1, -0.05) is 12.1 Å². The quantitative estimate of drug-likeness (QED) is 0.875. The van der Waals surface area contributed by atoms with Gasteiger partial charge >= 0.3 is 5.97 Å². The van der Waals surface area contributed by atoms with Gasteiger partial charge in [0.05, 0.1) is 12.0 Å². The summed E-state index contributed by atoms with van der Waals surface area (Å²) in [5.41, 5.74) is 3.98. The van der Waals surface area contributed by atoms with E-state index in [2.05, 4.69) is 10.3 Å². The molecule has 2 aliphatic heterocycles. The van der Waals surface area contributed by atoms with Crippen LogP contribution in [0.5, 0.6) is 0 Å². The normalized spacial score (nSPS) is 14.8. The lowest BCUT2D eigenvalue weighted by atomic mass is 10.1. The SMILES string of the molecule is O=C(O)CCc1ccc2c(c1)N(C(=O)c1cnc3c(c1)CC(=O)N3)CC2. The predicted molar refractivity (Wildman–Crippen MR) is 94.4 cm³/mol. The van der Waals surface area contributed by atoms with Crippen LogP contribution in [0.25, 0.3) is 0 Å². The van der Waals surface area contributed by atoms with Crippen LogP contribution in [-0.2, 0) is 28.9 Å². The molecule has 26 heavy (non-hydrogen) atoms. The Kier molecular flexibility index (Phi) is 3.91. The van der Waals surface area contributed by atoms with Crippen LogP contribution in [0, 0.1) is 0 Å². The van der Waals surface area contributed by atoms with E-state index in [0.717, 1.165) is 28.8 Å². The number of benzene rings is 1. The van der Waals surface area contributed by atoms with Crippen molar-refractivity contribution in [3.05, 3.63) is 52.7 Å². The summed E-state index contributed by atoms with van der Waals surface area (Å²) in [5.74, 6) is -0.601. The molecule has 0 radical (unpaired) electrons. The number of aliphatic carboxylic acids is 1. The lowest BCUT2D eigenvalue weighted by Gasteiger charge is -2.18. The van der Waals surface area contributed by atoms with E-state index in [-0.39, 0.29) is 24.7 Å². The Labute approximate surface area is 149 Å². The molecule has 0 spiro atoms. The highest BCUT2D eigenvalue weighted by atomic mass is 16.4. The molecule has 2 aliphatic rings. The van der Waals surface area contributed by atoms with Gasteiger partial charge in [0.1, 0.15) is 5.82 Å². The fourth-order valence-electron chi connectivity index (χ4n) is 3.42. The van der Waals surface area contributed by atoms with Crippen molar-refractivity contribution in [3.8, 4) is 0 Å². The fourth-order valence-corrected chi connectivity index (χ4v) is 3.42. The minimum atomic E-state index is -0.842. The Balaban J connectivity index is 1.59. The smallest absolute Gasteiger partial charge is 0.303 e. The van der Waals surface area contributed by atoms with Crippen molar-refractivity contribution in [1.29, 1.82) is 0 Å². The molecule has 0 unspecified atom stereocenters. The summed E-state index contributed by atoms with van der Waals surface area (Å²) >= 11 is 0. The van der Waals surface area contributed by atoms with E-state index in [1.54, 1.807) is 11.0 Å². The third kappa shape index (κ3) is 2.92. The van der Waals surface area contributed by atoms with Gasteiger partial charge in [-0.05, 0) is 36.1 Å². The Morgan fingerprint density at radius 2 is 2.08 bits per heavy atom. The van der Waals surface area contributed by atoms with Crippen molar-refractivity contribution >= 4 is 29.3 Å². The average Bonchev–Trinajstić information content (AvgIpc) is 3.20. The zero-order valence-electron chi connectivity index (χ0n) is 14.0. The number of rotatable bonds is 4. The Bertz CT molecular complexity index is 938. The minimum Gasteiger partial charge on any atom is -0.481 e. The van der Waals surface area contributed by atoms with Crippen LogP contribution in [0.15, 0.2) is 30.5 Å². The van der Waals surface area contributed by atoms with Gasteiger partial charge in [-0.15, -0.1) is 0 Å². The molecule has 1 aromatic heterocycles. The number of fused-ring (bicyclic) bond motifs is 2. The second-order valence-electron chi connectivity index (χ2n) is 6.52. The molecule has 0 atom stereocenters. The molecule has 4 rings (SSSR count).